The molecule has 0 radical (unpaired) electrons. The zero-order chi connectivity index (χ0) is 14.7. The molecule has 0 aliphatic rings. The molecule has 0 spiro atoms. The van der Waals surface area contributed by atoms with Crippen molar-refractivity contribution in [2.75, 3.05) is 5.73 Å². The summed E-state index contributed by atoms with van der Waals surface area (Å²) in [4.78, 5) is 9.10. The van der Waals surface area contributed by atoms with Crippen molar-refractivity contribution in [1.29, 1.82) is 0 Å². The highest BCUT2D eigenvalue weighted by molar-refractivity contribution is 5.68. The van der Waals surface area contributed by atoms with Crippen LogP contribution in [-0.2, 0) is 6.42 Å². The van der Waals surface area contributed by atoms with Gasteiger partial charge in [0.25, 0.3) is 0 Å². The minimum Gasteiger partial charge on any atom is -0.384 e. The van der Waals surface area contributed by atoms with Gasteiger partial charge in [-0.2, -0.15) is 0 Å². The van der Waals surface area contributed by atoms with E-state index in [-0.39, 0.29) is 0 Å². The van der Waals surface area contributed by atoms with Crippen molar-refractivity contribution in [1.82, 2.24) is 9.97 Å². The highest BCUT2D eigenvalue weighted by Crippen LogP contribution is 2.25. The van der Waals surface area contributed by atoms with Gasteiger partial charge in [-0.25, -0.2) is 9.97 Å². The number of nitrogen functional groups attached to an aromatic ring is 1. The first-order valence-electron chi connectivity index (χ1n) is 7.06. The van der Waals surface area contributed by atoms with Gasteiger partial charge in [0, 0.05) is 17.2 Å². The minimum absolute atomic E-state index is 0.491. The maximum Gasteiger partial charge on any atom is 0.162 e. The molecule has 3 aromatic rings. The Labute approximate surface area is 124 Å². The van der Waals surface area contributed by atoms with Crippen molar-refractivity contribution in [3.05, 3.63) is 66.2 Å². The molecule has 0 fully saturated rings. The fourth-order valence-electron chi connectivity index (χ4n) is 2.39. The van der Waals surface area contributed by atoms with Gasteiger partial charge >= 0.3 is 0 Å². The Bertz CT molecular complexity index is 751. The van der Waals surface area contributed by atoms with Crippen LogP contribution in [0.2, 0.25) is 0 Å². The molecule has 0 saturated carbocycles. The lowest BCUT2D eigenvalue weighted by atomic mass is 10.0. The summed E-state index contributed by atoms with van der Waals surface area (Å²) in [5.74, 6) is 1.18. The highest BCUT2D eigenvalue weighted by Gasteiger charge is 2.09. The normalized spacial score (nSPS) is 10.5. The number of rotatable bonds is 3. The van der Waals surface area contributed by atoms with Crippen LogP contribution < -0.4 is 5.73 Å². The van der Waals surface area contributed by atoms with Crippen LogP contribution in [-0.4, -0.2) is 9.97 Å². The van der Waals surface area contributed by atoms with Crippen molar-refractivity contribution < 1.29 is 0 Å². The number of hydrogen-bond donors (Lipinski definition) is 1. The standard InChI is InChI=1S/C18H17N3/c1-2-13-8-6-7-11-15(13)18-20-16(12-17(19)21-18)14-9-4-3-5-10-14/h3-12H,2H2,1H3,(H2,19,20,21). The smallest absolute Gasteiger partial charge is 0.162 e. The van der Waals surface area contributed by atoms with E-state index in [1.807, 2.05) is 54.6 Å². The Hall–Kier alpha value is -2.68. The minimum atomic E-state index is 0.491. The molecule has 0 atom stereocenters. The van der Waals surface area contributed by atoms with E-state index in [4.69, 9.17) is 10.7 Å². The van der Waals surface area contributed by atoms with Crippen LogP contribution in [0.3, 0.4) is 0 Å². The molecule has 2 aromatic carbocycles. The lowest BCUT2D eigenvalue weighted by molar-refractivity contribution is 1.11. The number of hydrogen-bond acceptors (Lipinski definition) is 3. The van der Waals surface area contributed by atoms with Crippen LogP contribution in [0, 0.1) is 0 Å². The molecule has 3 nitrogen and oxygen atoms in total. The first-order chi connectivity index (χ1) is 10.3. The van der Waals surface area contributed by atoms with Gasteiger partial charge in [0.15, 0.2) is 5.82 Å². The van der Waals surface area contributed by atoms with E-state index < -0.39 is 0 Å². The number of anilines is 1. The third kappa shape index (κ3) is 2.77. The summed E-state index contributed by atoms with van der Waals surface area (Å²) in [6, 6.07) is 20.0. The van der Waals surface area contributed by atoms with Gasteiger partial charge in [-0.15, -0.1) is 0 Å². The topological polar surface area (TPSA) is 51.8 Å². The molecule has 104 valence electrons. The Morgan fingerprint density at radius 2 is 1.62 bits per heavy atom. The molecule has 0 aliphatic heterocycles. The van der Waals surface area contributed by atoms with Crippen LogP contribution in [0.5, 0.6) is 0 Å². The summed E-state index contributed by atoms with van der Waals surface area (Å²) in [6.45, 7) is 2.13. The number of nitrogens with zero attached hydrogens (tertiary/aromatic N) is 2. The van der Waals surface area contributed by atoms with Gasteiger partial charge in [-0.3, -0.25) is 0 Å². The van der Waals surface area contributed by atoms with Crippen molar-refractivity contribution in [3.63, 3.8) is 0 Å². The lowest BCUT2D eigenvalue weighted by Crippen LogP contribution is -1.99. The van der Waals surface area contributed by atoms with E-state index in [0.717, 1.165) is 23.2 Å². The molecule has 21 heavy (non-hydrogen) atoms. The van der Waals surface area contributed by atoms with Crippen molar-refractivity contribution in [2.45, 2.75) is 13.3 Å². The predicted molar refractivity (Wildman–Crippen MR) is 86.7 cm³/mol. The molecule has 0 saturated heterocycles. The van der Waals surface area contributed by atoms with Crippen molar-refractivity contribution >= 4 is 5.82 Å². The van der Waals surface area contributed by atoms with Gasteiger partial charge in [0.1, 0.15) is 5.82 Å². The Morgan fingerprint density at radius 3 is 2.38 bits per heavy atom. The second-order valence-electron chi connectivity index (χ2n) is 4.88. The Morgan fingerprint density at radius 1 is 0.905 bits per heavy atom. The maximum atomic E-state index is 5.97. The molecule has 0 unspecified atom stereocenters. The summed E-state index contributed by atoms with van der Waals surface area (Å²) in [5.41, 5.74) is 10.1. The van der Waals surface area contributed by atoms with Gasteiger partial charge in [-0.05, 0) is 12.0 Å². The molecular formula is C18H17N3. The second kappa shape index (κ2) is 5.75. The average Bonchev–Trinajstić information content (AvgIpc) is 2.55. The summed E-state index contributed by atoms with van der Waals surface area (Å²) in [7, 11) is 0. The van der Waals surface area contributed by atoms with Crippen LogP contribution in [0.1, 0.15) is 12.5 Å². The number of aryl methyl sites for hydroxylation is 1. The molecule has 0 bridgehead atoms. The van der Waals surface area contributed by atoms with Crippen LogP contribution in [0.25, 0.3) is 22.6 Å². The van der Waals surface area contributed by atoms with Crippen LogP contribution >= 0.6 is 0 Å². The largest absolute Gasteiger partial charge is 0.384 e. The second-order valence-corrected chi connectivity index (χ2v) is 4.88. The van der Waals surface area contributed by atoms with E-state index in [2.05, 4.69) is 18.0 Å². The Balaban J connectivity index is 2.14. The first-order valence-corrected chi connectivity index (χ1v) is 7.06. The molecule has 1 heterocycles. The summed E-state index contributed by atoms with van der Waals surface area (Å²) < 4.78 is 0. The van der Waals surface area contributed by atoms with E-state index in [1.54, 1.807) is 0 Å². The zero-order valence-electron chi connectivity index (χ0n) is 12.0. The van der Waals surface area contributed by atoms with E-state index in [0.29, 0.717) is 11.6 Å². The molecule has 2 N–H and O–H groups in total. The quantitative estimate of drug-likeness (QED) is 0.787. The maximum absolute atomic E-state index is 5.97. The van der Waals surface area contributed by atoms with Gasteiger partial charge in [0.2, 0.25) is 0 Å². The number of nitrogens with two attached hydrogens (primary N) is 1. The van der Waals surface area contributed by atoms with Crippen LogP contribution in [0.4, 0.5) is 5.82 Å². The monoisotopic (exact) mass is 275 g/mol. The lowest BCUT2D eigenvalue weighted by Gasteiger charge is -2.09. The molecule has 3 rings (SSSR count). The molecule has 1 aromatic heterocycles. The number of aromatic nitrogens is 2. The SMILES string of the molecule is CCc1ccccc1-c1nc(N)cc(-c2ccccc2)n1. The van der Waals surface area contributed by atoms with E-state index in [9.17, 15) is 0 Å². The first kappa shape index (κ1) is 13.3. The fraction of sp³-hybridized carbons (Fsp3) is 0.111. The highest BCUT2D eigenvalue weighted by atomic mass is 14.9. The van der Waals surface area contributed by atoms with Crippen molar-refractivity contribution in [2.24, 2.45) is 0 Å². The summed E-state index contributed by atoms with van der Waals surface area (Å²) in [5, 5.41) is 0. The third-order valence-corrected chi connectivity index (χ3v) is 3.45. The number of benzene rings is 2. The molecule has 3 heteroatoms. The summed E-state index contributed by atoms with van der Waals surface area (Å²) in [6.07, 6.45) is 0.939. The third-order valence-electron chi connectivity index (χ3n) is 3.45. The molecule has 0 amide bonds. The zero-order valence-corrected chi connectivity index (χ0v) is 12.0. The molecule has 0 aliphatic carbocycles. The van der Waals surface area contributed by atoms with Gasteiger partial charge in [0.05, 0.1) is 5.69 Å². The fourth-order valence-corrected chi connectivity index (χ4v) is 2.39. The van der Waals surface area contributed by atoms with E-state index >= 15 is 0 Å². The van der Waals surface area contributed by atoms with Gasteiger partial charge in [-0.1, -0.05) is 61.5 Å². The predicted octanol–water partition coefficient (Wildman–Crippen LogP) is 3.96. The Kier molecular flexibility index (Phi) is 3.65. The van der Waals surface area contributed by atoms with E-state index in [1.165, 1.54) is 5.56 Å². The van der Waals surface area contributed by atoms with Gasteiger partial charge < -0.3 is 5.73 Å². The molecular weight excluding hydrogens is 258 g/mol. The van der Waals surface area contributed by atoms with Crippen LogP contribution in [0.15, 0.2) is 60.7 Å². The summed E-state index contributed by atoms with van der Waals surface area (Å²) >= 11 is 0. The average molecular weight is 275 g/mol. The van der Waals surface area contributed by atoms with Crippen molar-refractivity contribution in [3.8, 4) is 22.6 Å².